The predicted molar refractivity (Wildman–Crippen MR) is 75.1 cm³/mol. The van der Waals surface area contributed by atoms with Gasteiger partial charge in [-0.05, 0) is 24.6 Å². The van der Waals surface area contributed by atoms with E-state index >= 15 is 0 Å². The van der Waals surface area contributed by atoms with Crippen molar-refractivity contribution in [1.29, 1.82) is 0 Å². The van der Waals surface area contributed by atoms with Crippen molar-refractivity contribution in [2.75, 3.05) is 12.8 Å². The highest BCUT2D eigenvalue weighted by molar-refractivity contribution is 6.33. The van der Waals surface area contributed by atoms with Gasteiger partial charge >= 0.3 is 6.61 Å². The van der Waals surface area contributed by atoms with E-state index < -0.39 is 6.61 Å². The Balaban J connectivity index is 2.29. The zero-order valence-corrected chi connectivity index (χ0v) is 12.2. The molecule has 0 saturated carbocycles. The summed E-state index contributed by atoms with van der Waals surface area (Å²) >= 11 is 5.96. The van der Waals surface area contributed by atoms with Gasteiger partial charge in [-0.15, -0.1) is 0 Å². The van der Waals surface area contributed by atoms with E-state index in [2.05, 4.69) is 9.84 Å². The monoisotopic (exact) mass is 317 g/mol. The molecule has 5 nitrogen and oxygen atoms in total. The summed E-state index contributed by atoms with van der Waals surface area (Å²) in [5.74, 6) is 0.501. The van der Waals surface area contributed by atoms with Crippen LogP contribution in [0, 0.1) is 6.92 Å². The zero-order chi connectivity index (χ0) is 15.6. The van der Waals surface area contributed by atoms with Crippen molar-refractivity contribution in [3.05, 3.63) is 34.5 Å². The standard InChI is InChI=1S/C13H14ClF2N3O2/c1-7-11(14)12(17)19(18-7)6-8-3-4-9(20-2)10(5-8)21-13(15)16/h3-5,13H,6,17H2,1-2H3. The summed E-state index contributed by atoms with van der Waals surface area (Å²) in [6.45, 7) is -0.919. The van der Waals surface area contributed by atoms with Crippen molar-refractivity contribution >= 4 is 17.4 Å². The van der Waals surface area contributed by atoms with Crippen LogP contribution in [0.25, 0.3) is 0 Å². The SMILES string of the molecule is COc1ccc(Cn2nc(C)c(Cl)c2N)cc1OC(F)F. The topological polar surface area (TPSA) is 62.3 Å². The quantitative estimate of drug-likeness (QED) is 0.920. The average Bonchev–Trinajstić information content (AvgIpc) is 2.66. The second kappa shape index (κ2) is 6.17. The van der Waals surface area contributed by atoms with Crippen molar-refractivity contribution in [1.82, 2.24) is 9.78 Å². The van der Waals surface area contributed by atoms with E-state index in [0.717, 1.165) is 0 Å². The van der Waals surface area contributed by atoms with Crippen LogP contribution in [0.3, 0.4) is 0 Å². The minimum Gasteiger partial charge on any atom is -0.493 e. The molecule has 0 bridgehead atoms. The van der Waals surface area contributed by atoms with E-state index in [-0.39, 0.29) is 18.0 Å². The number of rotatable bonds is 5. The number of nitrogens with zero attached hydrogens (tertiary/aromatic N) is 2. The molecule has 0 spiro atoms. The third kappa shape index (κ3) is 3.36. The molecule has 0 radical (unpaired) electrons. The Bertz CT molecular complexity index is 647. The Morgan fingerprint density at radius 3 is 2.62 bits per heavy atom. The fraction of sp³-hybridized carbons (Fsp3) is 0.308. The van der Waals surface area contributed by atoms with Gasteiger partial charge in [-0.25, -0.2) is 4.68 Å². The van der Waals surface area contributed by atoms with Crippen LogP contribution in [-0.2, 0) is 6.54 Å². The normalized spacial score (nSPS) is 11.0. The maximum absolute atomic E-state index is 12.4. The van der Waals surface area contributed by atoms with Crippen LogP contribution < -0.4 is 15.2 Å². The number of nitrogen functional groups attached to an aromatic ring is 1. The number of aryl methyl sites for hydroxylation is 1. The Hall–Kier alpha value is -2.02. The van der Waals surface area contributed by atoms with Gasteiger partial charge in [0.05, 0.1) is 19.3 Å². The van der Waals surface area contributed by atoms with Gasteiger partial charge in [0.15, 0.2) is 11.5 Å². The number of methoxy groups -OCH3 is 1. The second-order valence-corrected chi connectivity index (χ2v) is 4.68. The van der Waals surface area contributed by atoms with Crippen LogP contribution in [0.4, 0.5) is 14.6 Å². The molecule has 8 heteroatoms. The summed E-state index contributed by atoms with van der Waals surface area (Å²) in [7, 11) is 1.38. The molecule has 2 aromatic rings. The number of nitrogens with two attached hydrogens (primary N) is 1. The van der Waals surface area contributed by atoms with Gasteiger partial charge in [-0.1, -0.05) is 17.7 Å². The molecule has 0 amide bonds. The third-order valence-electron chi connectivity index (χ3n) is 2.87. The fourth-order valence-corrected chi connectivity index (χ4v) is 2.01. The Morgan fingerprint density at radius 2 is 2.10 bits per heavy atom. The number of ether oxygens (including phenoxy) is 2. The Morgan fingerprint density at radius 1 is 1.38 bits per heavy atom. The van der Waals surface area contributed by atoms with E-state index in [1.807, 2.05) is 0 Å². The van der Waals surface area contributed by atoms with Crippen molar-refractivity contribution < 1.29 is 18.3 Å². The maximum Gasteiger partial charge on any atom is 0.387 e. The molecular formula is C13H14ClF2N3O2. The number of halogens is 3. The number of benzene rings is 1. The van der Waals surface area contributed by atoms with E-state index in [0.29, 0.717) is 22.1 Å². The summed E-state index contributed by atoms with van der Waals surface area (Å²) in [4.78, 5) is 0. The first-order chi connectivity index (χ1) is 9.92. The van der Waals surface area contributed by atoms with Crippen LogP contribution in [-0.4, -0.2) is 23.5 Å². The highest BCUT2D eigenvalue weighted by atomic mass is 35.5. The smallest absolute Gasteiger partial charge is 0.387 e. The average molecular weight is 318 g/mol. The fourth-order valence-electron chi connectivity index (χ4n) is 1.88. The molecule has 0 saturated heterocycles. The minimum atomic E-state index is -2.93. The first-order valence-electron chi connectivity index (χ1n) is 6.02. The van der Waals surface area contributed by atoms with Crippen LogP contribution in [0.15, 0.2) is 18.2 Å². The summed E-state index contributed by atoms with van der Waals surface area (Å²) < 4.78 is 35.7. The molecule has 0 atom stereocenters. The predicted octanol–water partition coefficient (Wildman–Crippen LogP) is 3.09. The first kappa shape index (κ1) is 15.4. The summed E-state index contributed by atoms with van der Waals surface area (Å²) in [6.07, 6.45) is 0. The van der Waals surface area contributed by atoms with E-state index in [1.54, 1.807) is 19.1 Å². The van der Waals surface area contributed by atoms with Crippen molar-refractivity contribution in [3.63, 3.8) is 0 Å². The molecule has 2 N–H and O–H groups in total. The van der Waals surface area contributed by atoms with E-state index in [1.165, 1.54) is 17.9 Å². The van der Waals surface area contributed by atoms with Crippen molar-refractivity contribution in [2.24, 2.45) is 0 Å². The molecule has 1 aromatic heterocycles. The molecule has 1 aromatic carbocycles. The maximum atomic E-state index is 12.4. The van der Waals surface area contributed by atoms with Gasteiger partial charge in [-0.2, -0.15) is 13.9 Å². The molecular weight excluding hydrogens is 304 g/mol. The molecule has 21 heavy (non-hydrogen) atoms. The molecule has 1 heterocycles. The van der Waals surface area contributed by atoms with Crippen LogP contribution in [0.2, 0.25) is 5.02 Å². The largest absolute Gasteiger partial charge is 0.493 e. The lowest BCUT2D eigenvalue weighted by Crippen LogP contribution is -2.08. The third-order valence-corrected chi connectivity index (χ3v) is 3.33. The number of hydrogen-bond acceptors (Lipinski definition) is 4. The molecule has 2 rings (SSSR count). The lowest BCUT2D eigenvalue weighted by molar-refractivity contribution is -0.0512. The lowest BCUT2D eigenvalue weighted by atomic mass is 10.2. The van der Waals surface area contributed by atoms with Gasteiger partial charge in [0, 0.05) is 0 Å². The van der Waals surface area contributed by atoms with Crippen LogP contribution in [0.5, 0.6) is 11.5 Å². The van der Waals surface area contributed by atoms with Gasteiger partial charge < -0.3 is 15.2 Å². The van der Waals surface area contributed by atoms with Gasteiger partial charge in [-0.3, -0.25) is 0 Å². The van der Waals surface area contributed by atoms with Crippen molar-refractivity contribution in [2.45, 2.75) is 20.1 Å². The van der Waals surface area contributed by atoms with Crippen LogP contribution >= 0.6 is 11.6 Å². The lowest BCUT2D eigenvalue weighted by Gasteiger charge is -2.12. The first-order valence-corrected chi connectivity index (χ1v) is 6.40. The minimum absolute atomic E-state index is 0.0430. The molecule has 0 aliphatic carbocycles. The number of aromatic nitrogens is 2. The van der Waals surface area contributed by atoms with Gasteiger partial charge in [0.25, 0.3) is 0 Å². The molecule has 0 unspecified atom stereocenters. The molecule has 114 valence electrons. The molecule has 0 aliphatic rings. The highest BCUT2D eigenvalue weighted by Crippen LogP contribution is 2.30. The van der Waals surface area contributed by atoms with Crippen molar-refractivity contribution in [3.8, 4) is 11.5 Å². The van der Waals surface area contributed by atoms with Gasteiger partial charge in [0.1, 0.15) is 10.8 Å². The summed E-state index contributed by atoms with van der Waals surface area (Å²) in [6, 6.07) is 4.71. The second-order valence-electron chi connectivity index (χ2n) is 4.31. The summed E-state index contributed by atoms with van der Waals surface area (Å²) in [5.41, 5.74) is 7.10. The van der Waals surface area contributed by atoms with Gasteiger partial charge in [0.2, 0.25) is 0 Å². The number of hydrogen-bond donors (Lipinski definition) is 1. The Kier molecular flexibility index (Phi) is 4.52. The highest BCUT2D eigenvalue weighted by Gasteiger charge is 2.14. The summed E-state index contributed by atoms with van der Waals surface area (Å²) in [5, 5.41) is 4.56. The Labute approximate surface area is 125 Å². The van der Waals surface area contributed by atoms with E-state index in [4.69, 9.17) is 22.1 Å². The molecule has 0 aliphatic heterocycles. The number of alkyl halides is 2. The van der Waals surface area contributed by atoms with Crippen LogP contribution in [0.1, 0.15) is 11.3 Å². The van der Waals surface area contributed by atoms with E-state index in [9.17, 15) is 8.78 Å². The zero-order valence-electron chi connectivity index (χ0n) is 11.4. The number of anilines is 1. The molecule has 0 fully saturated rings.